The van der Waals surface area contributed by atoms with Crippen LogP contribution in [0.25, 0.3) is 0 Å². The van der Waals surface area contributed by atoms with E-state index in [1.54, 1.807) is 30.6 Å². The fourth-order valence-corrected chi connectivity index (χ4v) is 2.21. The van der Waals surface area contributed by atoms with Crippen molar-refractivity contribution >= 4 is 18.2 Å². The number of imide groups is 1. The molecule has 1 radical (unpaired) electrons. The summed E-state index contributed by atoms with van der Waals surface area (Å²) in [5, 5.41) is 4.92. The van der Waals surface area contributed by atoms with Gasteiger partial charge in [0.25, 0.3) is 5.91 Å². The maximum absolute atomic E-state index is 12.0. The second kappa shape index (κ2) is 4.25. The Hall–Kier alpha value is -2.17. The highest BCUT2D eigenvalue weighted by Gasteiger charge is 2.49. The normalized spacial score (nSPS) is 22.8. The third-order valence-electron chi connectivity index (χ3n) is 3.22. The first kappa shape index (κ1) is 12.3. The average Bonchev–Trinajstić information content (AvgIpc) is 2.65. The first-order valence-corrected chi connectivity index (χ1v) is 5.63. The quantitative estimate of drug-likeness (QED) is 0.775. The van der Waals surface area contributed by atoms with Crippen LogP contribution in [0, 0.1) is 5.92 Å². The van der Waals surface area contributed by atoms with Crippen LogP contribution in [0.4, 0.5) is 4.79 Å². The summed E-state index contributed by atoms with van der Waals surface area (Å²) in [7, 11) is 0. The van der Waals surface area contributed by atoms with Gasteiger partial charge in [0.1, 0.15) is 5.54 Å². The second-order valence-electron chi connectivity index (χ2n) is 4.55. The largest absolute Gasteiger partial charge is 0.322 e. The minimum Gasteiger partial charge on any atom is -0.319 e. The molecule has 1 fully saturated rings. The molecule has 2 N–H and O–H groups in total. The van der Waals surface area contributed by atoms with E-state index in [-0.39, 0.29) is 11.8 Å². The predicted octanol–water partition coefficient (Wildman–Crippen LogP) is 0.835. The number of hydrogen-bond donors (Lipinski definition) is 2. The highest BCUT2D eigenvalue weighted by molar-refractivity contribution is 6.07. The van der Waals surface area contributed by atoms with Gasteiger partial charge >= 0.3 is 6.03 Å². The molecule has 0 aliphatic carbocycles. The van der Waals surface area contributed by atoms with Crippen molar-refractivity contribution in [1.29, 1.82) is 0 Å². The number of carbonyl (C=O) groups excluding carboxylic acids is 3. The zero-order valence-electron chi connectivity index (χ0n) is 10.1. The number of benzene rings is 1. The lowest BCUT2D eigenvalue weighted by atomic mass is 9.80. The molecule has 2 rings (SSSR count). The molecule has 93 valence electrons. The van der Waals surface area contributed by atoms with Gasteiger partial charge in [-0.1, -0.05) is 38.1 Å². The standard InChI is InChI=1S/C13H13N2O3/c1-8(2)13(11(17)14-12(18)15-13)10-5-3-9(7-16)4-6-10/h3-6,8H,1-2H3,(H2,14,15,17,18)/t13-/m1/s1. The zero-order valence-corrected chi connectivity index (χ0v) is 10.1. The molecule has 0 spiro atoms. The van der Waals surface area contributed by atoms with Crippen molar-refractivity contribution in [3.05, 3.63) is 35.4 Å². The minimum atomic E-state index is -1.07. The smallest absolute Gasteiger partial charge is 0.319 e. The van der Waals surface area contributed by atoms with E-state index in [9.17, 15) is 14.4 Å². The number of carbonyl (C=O) groups is 2. The van der Waals surface area contributed by atoms with Gasteiger partial charge in [0, 0.05) is 5.56 Å². The molecule has 0 aromatic heterocycles. The van der Waals surface area contributed by atoms with Gasteiger partial charge in [-0.05, 0) is 11.5 Å². The summed E-state index contributed by atoms with van der Waals surface area (Å²) in [6, 6.07) is 5.96. The van der Waals surface area contributed by atoms with Crippen molar-refractivity contribution in [2.75, 3.05) is 0 Å². The van der Waals surface area contributed by atoms with Crippen molar-refractivity contribution in [1.82, 2.24) is 10.6 Å². The van der Waals surface area contributed by atoms with Crippen LogP contribution >= 0.6 is 0 Å². The van der Waals surface area contributed by atoms with Gasteiger partial charge < -0.3 is 5.32 Å². The van der Waals surface area contributed by atoms with Gasteiger partial charge in [-0.25, -0.2) is 4.79 Å². The molecular formula is C13H13N2O3. The van der Waals surface area contributed by atoms with E-state index >= 15 is 0 Å². The van der Waals surface area contributed by atoms with E-state index in [4.69, 9.17) is 0 Å². The first-order chi connectivity index (χ1) is 8.50. The molecule has 0 saturated carbocycles. The maximum Gasteiger partial charge on any atom is 0.322 e. The topological polar surface area (TPSA) is 75.3 Å². The lowest BCUT2D eigenvalue weighted by molar-refractivity contribution is -0.125. The van der Waals surface area contributed by atoms with Crippen LogP contribution in [0.1, 0.15) is 25.0 Å². The summed E-state index contributed by atoms with van der Waals surface area (Å²) in [5.74, 6) is -0.486. The molecule has 1 aromatic rings. The third-order valence-corrected chi connectivity index (χ3v) is 3.22. The Bertz CT molecular complexity index is 507. The third kappa shape index (κ3) is 1.68. The molecule has 1 atom stereocenters. The van der Waals surface area contributed by atoms with Crippen LogP contribution in [0.15, 0.2) is 24.3 Å². The van der Waals surface area contributed by atoms with Gasteiger partial charge in [0.15, 0.2) is 0 Å². The Labute approximate surface area is 105 Å². The maximum atomic E-state index is 12.0. The molecule has 3 amide bonds. The van der Waals surface area contributed by atoms with Crippen molar-refractivity contribution in [3.63, 3.8) is 0 Å². The molecule has 0 unspecified atom stereocenters. The van der Waals surface area contributed by atoms with Gasteiger partial charge in [-0.2, -0.15) is 0 Å². The van der Waals surface area contributed by atoms with Gasteiger partial charge in [-0.15, -0.1) is 0 Å². The molecule has 18 heavy (non-hydrogen) atoms. The van der Waals surface area contributed by atoms with E-state index in [2.05, 4.69) is 10.6 Å². The average molecular weight is 245 g/mol. The van der Waals surface area contributed by atoms with Crippen LogP contribution in [0.2, 0.25) is 0 Å². The summed E-state index contributed by atoms with van der Waals surface area (Å²) >= 11 is 0. The molecule has 1 heterocycles. The number of nitrogens with one attached hydrogen (secondary N) is 2. The predicted molar refractivity (Wildman–Crippen MR) is 64.4 cm³/mol. The Morgan fingerprint density at radius 1 is 1.17 bits per heavy atom. The molecule has 0 bridgehead atoms. The van der Waals surface area contributed by atoms with Crippen LogP contribution in [-0.2, 0) is 15.1 Å². The second-order valence-corrected chi connectivity index (χ2v) is 4.55. The zero-order chi connectivity index (χ0) is 13.3. The van der Waals surface area contributed by atoms with Crippen molar-refractivity contribution in [2.45, 2.75) is 19.4 Å². The SMILES string of the molecule is CC(C)[C@]1(c2ccc([C]=O)cc2)NC(=O)NC1=O. The fourth-order valence-electron chi connectivity index (χ4n) is 2.21. The Balaban J connectivity index is 2.50. The van der Waals surface area contributed by atoms with E-state index < -0.39 is 11.6 Å². The number of hydrogen-bond acceptors (Lipinski definition) is 3. The number of amides is 3. The van der Waals surface area contributed by atoms with Crippen molar-refractivity contribution in [2.24, 2.45) is 5.92 Å². The Kier molecular flexibility index (Phi) is 2.90. The van der Waals surface area contributed by atoms with Crippen LogP contribution in [0.3, 0.4) is 0 Å². The summed E-state index contributed by atoms with van der Waals surface area (Å²) < 4.78 is 0. The van der Waals surface area contributed by atoms with Gasteiger partial charge in [0.2, 0.25) is 6.29 Å². The van der Waals surface area contributed by atoms with Crippen molar-refractivity contribution < 1.29 is 14.4 Å². The first-order valence-electron chi connectivity index (χ1n) is 5.63. The molecule has 1 aromatic carbocycles. The van der Waals surface area contributed by atoms with E-state index in [0.29, 0.717) is 11.1 Å². The number of rotatable bonds is 3. The molecule has 5 heteroatoms. The molecule has 1 saturated heterocycles. The molecule has 1 aliphatic rings. The highest BCUT2D eigenvalue weighted by Crippen LogP contribution is 2.32. The van der Waals surface area contributed by atoms with Crippen LogP contribution < -0.4 is 10.6 Å². The fraction of sp³-hybridized carbons (Fsp3) is 0.308. The molecule has 1 aliphatic heterocycles. The lowest BCUT2D eigenvalue weighted by Gasteiger charge is -2.30. The lowest BCUT2D eigenvalue weighted by Crippen LogP contribution is -2.48. The Morgan fingerprint density at radius 2 is 1.78 bits per heavy atom. The summed E-state index contributed by atoms with van der Waals surface area (Å²) in [5.41, 5.74) is -0.0133. The number of urea groups is 1. The Morgan fingerprint density at radius 3 is 2.17 bits per heavy atom. The van der Waals surface area contributed by atoms with E-state index in [1.165, 1.54) is 0 Å². The van der Waals surface area contributed by atoms with Crippen LogP contribution in [0.5, 0.6) is 0 Å². The van der Waals surface area contributed by atoms with Crippen molar-refractivity contribution in [3.8, 4) is 0 Å². The highest BCUT2D eigenvalue weighted by atomic mass is 16.2. The minimum absolute atomic E-state index is 0.116. The molecule has 5 nitrogen and oxygen atoms in total. The van der Waals surface area contributed by atoms with Gasteiger partial charge in [-0.3, -0.25) is 14.9 Å². The monoisotopic (exact) mass is 245 g/mol. The summed E-state index contributed by atoms with van der Waals surface area (Å²) in [4.78, 5) is 33.9. The van der Waals surface area contributed by atoms with E-state index in [1.807, 2.05) is 13.8 Å². The summed E-state index contributed by atoms with van der Waals surface area (Å²) in [6.45, 7) is 3.70. The van der Waals surface area contributed by atoms with Crippen LogP contribution in [-0.4, -0.2) is 18.2 Å². The molecular weight excluding hydrogens is 232 g/mol. The summed E-state index contributed by atoms with van der Waals surface area (Å²) in [6.07, 6.45) is 1.77. The van der Waals surface area contributed by atoms with E-state index in [0.717, 1.165) is 0 Å². The van der Waals surface area contributed by atoms with Gasteiger partial charge in [0.05, 0.1) is 0 Å².